The molecule has 2 amide bonds. The number of hydrogen-bond donors (Lipinski definition) is 0. The Bertz CT molecular complexity index is 960. The predicted octanol–water partition coefficient (Wildman–Crippen LogP) is 4.13. The van der Waals surface area contributed by atoms with Crippen LogP contribution in [0.5, 0.6) is 5.75 Å². The highest BCUT2D eigenvalue weighted by atomic mass is 19.1. The van der Waals surface area contributed by atoms with E-state index in [4.69, 9.17) is 4.74 Å². The van der Waals surface area contributed by atoms with Gasteiger partial charge in [-0.15, -0.1) is 0 Å². The Morgan fingerprint density at radius 3 is 2.48 bits per heavy atom. The number of carbonyl (C=O) groups is 2. The highest BCUT2D eigenvalue weighted by molar-refractivity contribution is 5.95. The van der Waals surface area contributed by atoms with Crippen molar-refractivity contribution < 1.29 is 23.1 Å². The van der Waals surface area contributed by atoms with Crippen molar-refractivity contribution in [3.63, 3.8) is 0 Å². The van der Waals surface area contributed by atoms with E-state index in [1.807, 2.05) is 17.0 Å². The summed E-state index contributed by atoms with van der Waals surface area (Å²) in [4.78, 5) is 28.7. The number of benzene rings is 2. The van der Waals surface area contributed by atoms with Crippen molar-refractivity contribution in [1.82, 2.24) is 9.80 Å². The second kappa shape index (κ2) is 9.45. The zero-order valence-electron chi connectivity index (χ0n) is 17.4. The molecule has 2 aliphatic heterocycles. The lowest BCUT2D eigenvalue weighted by atomic mass is 9.98. The van der Waals surface area contributed by atoms with Gasteiger partial charge in [0.05, 0.1) is 12.2 Å². The topological polar surface area (TPSA) is 49.9 Å². The van der Waals surface area contributed by atoms with Crippen LogP contribution in [0.2, 0.25) is 0 Å². The van der Waals surface area contributed by atoms with Crippen molar-refractivity contribution in [2.24, 2.45) is 5.92 Å². The quantitative estimate of drug-likeness (QED) is 0.720. The van der Waals surface area contributed by atoms with Crippen LogP contribution in [0.3, 0.4) is 0 Å². The fourth-order valence-electron chi connectivity index (χ4n) is 4.25. The molecule has 0 bridgehead atoms. The summed E-state index contributed by atoms with van der Waals surface area (Å²) in [6, 6.07) is 10.2. The van der Waals surface area contributed by atoms with Crippen LogP contribution in [0.15, 0.2) is 42.5 Å². The Kier molecular flexibility index (Phi) is 6.49. The number of hydrogen-bond acceptors (Lipinski definition) is 3. The minimum absolute atomic E-state index is 0.0266. The Hall–Kier alpha value is -2.96. The lowest BCUT2D eigenvalue weighted by Crippen LogP contribution is -2.41. The summed E-state index contributed by atoms with van der Waals surface area (Å²) in [6.45, 7) is 2.97. The SMILES string of the molecule is O=C(c1cccc(OC[C@H]2CCCN(C(=O)c3ccc(F)cc3F)C2)c1)N1CCCC1. The van der Waals surface area contributed by atoms with Crippen LogP contribution in [0, 0.1) is 17.6 Å². The smallest absolute Gasteiger partial charge is 0.256 e. The minimum atomic E-state index is -0.845. The first-order chi connectivity index (χ1) is 15.0. The second-order valence-electron chi connectivity index (χ2n) is 8.22. The molecule has 5 nitrogen and oxygen atoms in total. The molecule has 0 saturated carbocycles. The number of amides is 2. The first-order valence-electron chi connectivity index (χ1n) is 10.8. The van der Waals surface area contributed by atoms with E-state index in [0.29, 0.717) is 31.0 Å². The zero-order chi connectivity index (χ0) is 21.8. The van der Waals surface area contributed by atoms with E-state index in [2.05, 4.69) is 0 Å². The molecule has 0 aromatic heterocycles. The number of ether oxygens (including phenoxy) is 1. The number of halogens is 2. The van der Waals surface area contributed by atoms with Gasteiger partial charge in [-0.25, -0.2) is 8.78 Å². The van der Waals surface area contributed by atoms with Gasteiger partial charge < -0.3 is 14.5 Å². The number of carbonyl (C=O) groups excluding carboxylic acids is 2. The lowest BCUT2D eigenvalue weighted by molar-refractivity contribution is 0.0627. The Balaban J connectivity index is 1.35. The molecule has 2 aliphatic rings. The van der Waals surface area contributed by atoms with E-state index in [-0.39, 0.29) is 17.4 Å². The largest absolute Gasteiger partial charge is 0.493 e. The van der Waals surface area contributed by atoms with Crippen LogP contribution in [0.25, 0.3) is 0 Å². The molecule has 0 radical (unpaired) electrons. The molecule has 7 heteroatoms. The lowest BCUT2D eigenvalue weighted by Gasteiger charge is -2.32. The van der Waals surface area contributed by atoms with E-state index in [1.165, 1.54) is 6.07 Å². The Labute approximate surface area is 180 Å². The van der Waals surface area contributed by atoms with Crippen LogP contribution < -0.4 is 4.74 Å². The standard InChI is InChI=1S/C24H26F2N2O3/c25-19-8-9-21(22(26)14-19)24(30)28-12-4-5-17(15-28)16-31-20-7-3-6-18(13-20)23(29)27-10-1-2-11-27/h3,6-9,13-14,17H,1-2,4-5,10-12,15-16H2/t17-/m0/s1. The maximum atomic E-state index is 14.0. The van der Waals surface area contributed by atoms with Gasteiger partial charge in [0.25, 0.3) is 11.8 Å². The summed E-state index contributed by atoms with van der Waals surface area (Å²) >= 11 is 0. The van der Waals surface area contributed by atoms with Crippen molar-refractivity contribution in [3.05, 3.63) is 65.2 Å². The van der Waals surface area contributed by atoms with Gasteiger partial charge in [0.2, 0.25) is 0 Å². The number of nitrogens with zero attached hydrogens (tertiary/aromatic N) is 2. The summed E-state index contributed by atoms with van der Waals surface area (Å²) in [7, 11) is 0. The molecule has 2 saturated heterocycles. The molecule has 1 atom stereocenters. The molecule has 0 unspecified atom stereocenters. The first kappa shape index (κ1) is 21.3. The predicted molar refractivity (Wildman–Crippen MR) is 112 cm³/mol. The summed E-state index contributed by atoms with van der Waals surface area (Å²) in [5, 5.41) is 0. The van der Waals surface area contributed by atoms with E-state index in [0.717, 1.165) is 50.9 Å². The van der Waals surface area contributed by atoms with Gasteiger partial charge in [-0.1, -0.05) is 6.07 Å². The van der Waals surface area contributed by atoms with Gasteiger partial charge in [-0.05, 0) is 56.0 Å². The van der Waals surface area contributed by atoms with Gasteiger partial charge in [-0.2, -0.15) is 0 Å². The van der Waals surface area contributed by atoms with Crippen molar-refractivity contribution in [2.45, 2.75) is 25.7 Å². The minimum Gasteiger partial charge on any atom is -0.493 e. The molecule has 4 rings (SSSR count). The molecular formula is C24H26F2N2O3. The molecule has 0 spiro atoms. The number of likely N-dealkylation sites (tertiary alicyclic amines) is 2. The molecular weight excluding hydrogens is 402 g/mol. The van der Waals surface area contributed by atoms with Crippen LogP contribution in [0.1, 0.15) is 46.4 Å². The molecule has 0 N–H and O–H groups in total. The summed E-state index contributed by atoms with van der Waals surface area (Å²) in [6.07, 6.45) is 3.76. The maximum Gasteiger partial charge on any atom is 0.256 e. The normalized spacial score (nSPS) is 18.8. The van der Waals surface area contributed by atoms with Crippen LogP contribution in [0.4, 0.5) is 8.78 Å². The van der Waals surface area contributed by atoms with Gasteiger partial charge in [-0.3, -0.25) is 9.59 Å². The zero-order valence-corrected chi connectivity index (χ0v) is 17.4. The highest BCUT2D eigenvalue weighted by Gasteiger charge is 2.27. The third-order valence-corrected chi connectivity index (χ3v) is 5.93. The third kappa shape index (κ3) is 5.03. The fraction of sp³-hybridized carbons (Fsp3) is 0.417. The molecule has 2 heterocycles. The highest BCUT2D eigenvalue weighted by Crippen LogP contribution is 2.23. The average molecular weight is 428 g/mol. The van der Waals surface area contributed by atoms with Gasteiger partial charge in [0.15, 0.2) is 0 Å². The number of rotatable bonds is 5. The van der Waals surface area contributed by atoms with E-state index < -0.39 is 17.5 Å². The molecule has 2 fully saturated rings. The summed E-state index contributed by atoms with van der Waals surface area (Å²) in [5.41, 5.74) is 0.503. The Morgan fingerprint density at radius 2 is 1.71 bits per heavy atom. The van der Waals surface area contributed by atoms with Crippen LogP contribution in [-0.4, -0.2) is 54.4 Å². The van der Waals surface area contributed by atoms with Crippen molar-refractivity contribution in [3.8, 4) is 5.75 Å². The Morgan fingerprint density at radius 1 is 0.935 bits per heavy atom. The second-order valence-corrected chi connectivity index (χ2v) is 8.22. The van der Waals surface area contributed by atoms with Crippen molar-refractivity contribution in [2.75, 3.05) is 32.8 Å². The van der Waals surface area contributed by atoms with Gasteiger partial charge in [0, 0.05) is 43.7 Å². The summed E-state index contributed by atoms with van der Waals surface area (Å²) in [5.74, 6) is -1.23. The van der Waals surface area contributed by atoms with E-state index in [9.17, 15) is 18.4 Å². The van der Waals surface area contributed by atoms with Gasteiger partial charge >= 0.3 is 0 Å². The van der Waals surface area contributed by atoms with Gasteiger partial charge in [0.1, 0.15) is 17.4 Å². The van der Waals surface area contributed by atoms with Crippen molar-refractivity contribution >= 4 is 11.8 Å². The first-order valence-corrected chi connectivity index (χ1v) is 10.8. The molecule has 0 aliphatic carbocycles. The molecule has 2 aromatic rings. The number of piperidine rings is 1. The monoisotopic (exact) mass is 428 g/mol. The average Bonchev–Trinajstić information content (AvgIpc) is 3.32. The van der Waals surface area contributed by atoms with Crippen LogP contribution in [-0.2, 0) is 0 Å². The van der Waals surface area contributed by atoms with Crippen LogP contribution >= 0.6 is 0 Å². The third-order valence-electron chi connectivity index (χ3n) is 5.93. The molecule has 164 valence electrons. The molecule has 31 heavy (non-hydrogen) atoms. The van der Waals surface area contributed by atoms with E-state index >= 15 is 0 Å². The van der Waals surface area contributed by atoms with Crippen molar-refractivity contribution in [1.29, 1.82) is 0 Å². The maximum absolute atomic E-state index is 14.0. The fourth-order valence-corrected chi connectivity index (χ4v) is 4.25. The van der Waals surface area contributed by atoms with E-state index in [1.54, 1.807) is 17.0 Å². The summed E-state index contributed by atoms with van der Waals surface area (Å²) < 4.78 is 33.1. The molecule has 2 aromatic carbocycles.